The highest BCUT2D eigenvalue weighted by Crippen LogP contribution is 2.31. The summed E-state index contributed by atoms with van der Waals surface area (Å²) in [6.07, 6.45) is -4.39. The van der Waals surface area contributed by atoms with E-state index in [-0.39, 0.29) is 24.8 Å². The molecular weight excluding hydrogens is 448 g/mol. The highest BCUT2D eigenvalue weighted by molar-refractivity contribution is 6.42. The number of rotatable bonds is 5. The molecule has 0 bridgehead atoms. The van der Waals surface area contributed by atoms with Crippen LogP contribution in [0.4, 0.5) is 13.2 Å². The summed E-state index contributed by atoms with van der Waals surface area (Å²) in [5.41, 5.74) is 1.01. The predicted molar refractivity (Wildman–Crippen MR) is 107 cm³/mol. The van der Waals surface area contributed by atoms with Crippen LogP contribution in [-0.2, 0) is 16.2 Å². The van der Waals surface area contributed by atoms with Crippen LogP contribution >= 0.6 is 23.2 Å². The highest BCUT2D eigenvalue weighted by atomic mass is 35.5. The monoisotopic (exact) mass is 468 g/mol. The van der Waals surface area contributed by atoms with E-state index in [4.69, 9.17) is 23.2 Å². The molecular formula is C18H21Cl2F3N4O3. The third-order valence-electron chi connectivity index (χ3n) is 5.01. The molecule has 3 rings (SSSR count). The Morgan fingerprint density at radius 3 is 2.27 bits per heavy atom. The van der Waals surface area contributed by atoms with Crippen molar-refractivity contribution in [2.24, 2.45) is 0 Å². The number of nitrogens with zero attached hydrogens (tertiary/aromatic N) is 4. The minimum absolute atomic E-state index is 0.0740. The Morgan fingerprint density at radius 2 is 1.73 bits per heavy atom. The lowest BCUT2D eigenvalue weighted by Gasteiger charge is -2.31. The van der Waals surface area contributed by atoms with E-state index in [9.17, 15) is 22.8 Å². The minimum Gasteiger partial charge on any atom is -0.361 e. The fraction of sp³-hybridized carbons (Fsp3) is 0.556. The van der Waals surface area contributed by atoms with Crippen LogP contribution in [0, 0.1) is 0 Å². The Kier molecular flexibility index (Phi) is 6.71. The van der Waals surface area contributed by atoms with Crippen molar-refractivity contribution in [3.8, 4) is 0 Å². The molecule has 0 aliphatic carbocycles. The molecule has 166 valence electrons. The second-order valence-corrected chi connectivity index (χ2v) is 8.21. The number of likely N-dealkylation sites (N-methyl/N-ethyl adjacent to an activating group) is 1. The van der Waals surface area contributed by atoms with Crippen molar-refractivity contribution in [3.63, 3.8) is 0 Å². The lowest BCUT2D eigenvalue weighted by atomic mass is 10.1. The molecule has 0 spiro atoms. The minimum atomic E-state index is -5.05. The predicted octanol–water partition coefficient (Wildman–Crippen LogP) is 3.33. The van der Waals surface area contributed by atoms with Gasteiger partial charge in [-0.15, -0.1) is 5.06 Å². The van der Waals surface area contributed by atoms with Gasteiger partial charge in [0.05, 0.1) is 21.1 Å². The van der Waals surface area contributed by atoms with Gasteiger partial charge in [0, 0.05) is 32.2 Å². The van der Waals surface area contributed by atoms with Gasteiger partial charge in [-0.3, -0.25) is 9.13 Å². The van der Waals surface area contributed by atoms with Gasteiger partial charge in [0.1, 0.15) is 0 Å². The van der Waals surface area contributed by atoms with E-state index in [1.54, 1.807) is 21.3 Å². The quantitative estimate of drug-likeness (QED) is 0.673. The molecule has 0 unspecified atom stereocenters. The van der Waals surface area contributed by atoms with Crippen molar-refractivity contribution >= 4 is 40.2 Å². The number of carbonyl (C=O) groups excluding carboxylic acids is 1. The van der Waals surface area contributed by atoms with E-state index in [1.165, 1.54) is 0 Å². The topological polar surface area (TPSA) is 59.7 Å². The van der Waals surface area contributed by atoms with Gasteiger partial charge in [0.2, 0.25) is 0 Å². The molecule has 0 saturated carbocycles. The summed E-state index contributed by atoms with van der Waals surface area (Å²) in [7, 11) is 3.79. The standard InChI is InChI=1S/C18H21Cl2F3N4O3/c1-24(2)7-8-26-14-9-12(19)13(20)10-15(14)27(17(26)29)11-3-5-25(6-4-11)30-16(28)18(21,22)23/h9-11H,3-8H2,1-2H3. The Hall–Kier alpha value is -1.75. The summed E-state index contributed by atoms with van der Waals surface area (Å²) >= 11 is 12.3. The van der Waals surface area contributed by atoms with Crippen molar-refractivity contribution in [3.05, 3.63) is 32.7 Å². The number of alkyl halides is 3. The first kappa shape index (κ1) is 22.9. The molecule has 1 aliphatic rings. The third kappa shape index (κ3) is 4.77. The largest absolute Gasteiger partial charge is 0.492 e. The fourth-order valence-corrected chi connectivity index (χ4v) is 3.82. The summed E-state index contributed by atoms with van der Waals surface area (Å²) in [4.78, 5) is 30.6. The van der Waals surface area contributed by atoms with Crippen LogP contribution in [0.25, 0.3) is 11.0 Å². The van der Waals surface area contributed by atoms with Crippen molar-refractivity contribution in [1.29, 1.82) is 0 Å². The zero-order chi connectivity index (χ0) is 22.2. The maximum absolute atomic E-state index is 13.2. The van der Waals surface area contributed by atoms with Crippen LogP contribution in [0.1, 0.15) is 18.9 Å². The maximum Gasteiger partial charge on any atom is 0.492 e. The molecule has 2 heterocycles. The number of fused-ring (bicyclic) bond motifs is 1. The SMILES string of the molecule is CN(C)CCn1c(=O)n(C2CCN(OC(=O)C(F)(F)F)CC2)c2cc(Cl)c(Cl)cc21. The molecule has 0 atom stereocenters. The second-order valence-electron chi connectivity index (χ2n) is 7.40. The lowest BCUT2D eigenvalue weighted by molar-refractivity contribution is -0.242. The van der Waals surface area contributed by atoms with E-state index >= 15 is 0 Å². The average molecular weight is 469 g/mol. The molecule has 0 amide bonds. The van der Waals surface area contributed by atoms with Crippen LogP contribution in [0.5, 0.6) is 0 Å². The smallest absolute Gasteiger partial charge is 0.361 e. The van der Waals surface area contributed by atoms with Crippen molar-refractivity contribution < 1.29 is 22.8 Å². The molecule has 2 aromatic rings. The number of benzene rings is 1. The van der Waals surface area contributed by atoms with E-state index < -0.39 is 12.1 Å². The first-order valence-electron chi connectivity index (χ1n) is 9.27. The molecule has 1 aromatic heterocycles. The van der Waals surface area contributed by atoms with Crippen molar-refractivity contribution in [1.82, 2.24) is 19.1 Å². The number of halogens is 5. The Morgan fingerprint density at radius 1 is 1.17 bits per heavy atom. The van der Waals surface area contributed by atoms with Crippen molar-refractivity contribution in [2.75, 3.05) is 33.7 Å². The summed E-state index contributed by atoms with van der Waals surface area (Å²) < 4.78 is 40.4. The molecule has 1 saturated heterocycles. The third-order valence-corrected chi connectivity index (χ3v) is 5.73. The number of imidazole rings is 1. The number of hydrogen-bond acceptors (Lipinski definition) is 5. The second kappa shape index (κ2) is 8.78. The normalized spacial score (nSPS) is 16.5. The molecule has 0 N–H and O–H groups in total. The molecule has 1 fully saturated rings. The first-order valence-corrected chi connectivity index (χ1v) is 10.0. The number of piperidine rings is 1. The van der Waals surface area contributed by atoms with Gasteiger partial charge in [-0.2, -0.15) is 13.2 Å². The van der Waals surface area contributed by atoms with Gasteiger partial charge < -0.3 is 9.74 Å². The van der Waals surface area contributed by atoms with Crippen LogP contribution in [0.2, 0.25) is 10.0 Å². The lowest BCUT2D eigenvalue weighted by Crippen LogP contribution is -2.41. The van der Waals surface area contributed by atoms with E-state index in [0.717, 1.165) is 5.06 Å². The highest BCUT2D eigenvalue weighted by Gasteiger charge is 2.43. The molecule has 30 heavy (non-hydrogen) atoms. The first-order chi connectivity index (χ1) is 14.0. The summed E-state index contributed by atoms with van der Waals surface area (Å²) in [6.45, 7) is 1.22. The fourth-order valence-electron chi connectivity index (χ4n) is 3.50. The number of hydroxylamine groups is 2. The van der Waals surface area contributed by atoms with E-state index in [0.29, 0.717) is 47.0 Å². The van der Waals surface area contributed by atoms with Gasteiger partial charge in [0.15, 0.2) is 0 Å². The van der Waals surface area contributed by atoms with Gasteiger partial charge in [-0.1, -0.05) is 23.2 Å². The molecule has 7 nitrogen and oxygen atoms in total. The van der Waals surface area contributed by atoms with Gasteiger partial charge in [-0.25, -0.2) is 9.59 Å². The Labute approximate surface area is 180 Å². The van der Waals surface area contributed by atoms with Crippen LogP contribution in [-0.4, -0.2) is 65.0 Å². The molecule has 0 radical (unpaired) electrons. The Balaban J connectivity index is 1.87. The number of carbonyl (C=O) groups is 1. The van der Waals surface area contributed by atoms with Crippen LogP contribution in [0.15, 0.2) is 16.9 Å². The zero-order valence-corrected chi connectivity index (χ0v) is 17.9. The van der Waals surface area contributed by atoms with Crippen molar-refractivity contribution in [2.45, 2.75) is 31.6 Å². The molecule has 12 heteroatoms. The zero-order valence-electron chi connectivity index (χ0n) is 16.4. The van der Waals surface area contributed by atoms with E-state index in [1.807, 2.05) is 19.0 Å². The van der Waals surface area contributed by atoms with E-state index in [2.05, 4.69) is 4.84 Å². The van der Waals surface area contributed by atoms with Gasteiger partial charge in [-0.05, 0) is 39.1 Å². The average Bonchev–Trinajstić information content (AvgIpc) is 2.91. The van der Waals surface area contributed by atoms with Crippen LogP contribution in [0.3, 0.4) is 0 Å². The summed E-state index contributed by atoms with van der Waals surface area (Å²) in [5, 5.41) is 1.61. The van der Waals surface area contributed by atoms with Gasteiger partial charge >= 0.3 is 17.8 Å². The number of aromatic nitrogens is 2. The van der Waals surface area contributed by atoms with Gasteiger partial charge in [0.25, 0.3) is 0 Å². The molecule has 1 aromatic carbocycles. The number of hydrogen-bond donors (Lipinski definition) is 0. The Bertz CT molecular complexity index is 995. The summed E-state index contributed by atoms with van der Waals surface area (Å²) in [5.74, 6) is -2.25. The summed E-state index contributed by atoms with van der Waals surface area (Å²) in [6, 6.07) is 2.99. The molecule has 1 aliphatic heterocycles. The van der Waals surface area contributed by atoms with Crippen LogP contribution < -0.4 is 5.69 Å². The maximum atomic E-state index is 13.2.